The van der Waals surface area contributed by atoms with Crippen molar-refractivity contribution >= 4 is 10.0 Å². The molecule has 3 fully saturated rings. The fourth-order valence-electron chi connectivity index (χ4n) is 2.74. The number of sulfonamides is 1. The quantitative estimate of drug-likeness (QED) is 0.660. The monoisotopic (exact) mass is 204 g/mol. The summed E-state index contributed by atoms with van der Waals surface area (Å²) in [7, 11) is -1.03. The summed E-state index contributed by atoms with van der Waals surface area (Å²) in [5.41, 5.74) is 0.644. The highest BCUT2D eigenvalue weighted by molar-refractivity contribution is 7.88. The third-order valence-corrected chi connectivity index (χ3v) is 4.05. The first-order valence-corrected chi connectivity index (χ1v) is 6.42. The topological polar surface area (TPSA) is 58.2 Å². The molecule has 2 bridgehead atoms. The van der Waals surface area contributed by atoms with E-state index in [1.165, 1.54) is 6.26 Å². The van der Waals surface area contributed by atoms with Crippen LogP contribution in [0.2, 0.25) is 0 Å². The van der Waals surface area contributed by atoms with Gasteiger partial charge in [0.05, 0.1) is 6.26 Å². The molecule has 3 aliphatic carbocycles. The molecule has 2 N–H and O–H groups in total. The molecule has 0 aliphatic heterocycles. The second-order valence-corrected chi connectivity index (χ2v) is 6.49. The molecule has 4 nitrogen and oxygen atoms in total. The highest BCUT2D eigenvalue weighted by Gasteiger charge is 2.66. The minimum absolute atomic E-state index is 0.284. The summed E-state index contributed by atoms with van der Waals surface area (Å²) in [5.74, 6) is 0. The Kier molecular flexibility index (Phi) is 1.78. The maximum Gasteiger partial charge on any atom is 0.208 e. The SMILES string of the molecule is CNC12CC(CNS(C)(=O)=O)(C1)C2. The fourth-order valence-corrected chi connectivity index (χ4v) is 3.30. The van der Waals surface area contributed by atoms with Crippen molar-refractivity contribution < 1.29 is 8.42 Å². The Morgan fingerprint density at radius 2 is 1.85 bits per heavy atom. The Balaban J connectivity index is 1.82. The summed E-state index contributed by atoms with van der Waals surface area (Å²) in [4.78, 5) is 0. The van der Waals surface area contributed by atoms with E-state index in [2.05, 4.69) is 10.0 Å². The van der Waals surface area contributed by atoms with Gasteiger partial charge in [0, 0.05) is 12.1 Å². The van der Waals surface area contributed by atoms with Gasteiger partial charge in [0.25, 0.3) is 0 Å². The van der Waals surface area contributed by atoms with Gasteiger partial charge in [-0.25, -0.2) is 13.1 Å². The second-order valence-electron chi connectivity index (χ2n) is 4.65. The van der Waals surface area contributed by atoms with Crippen LogP contribution in [0, 0.1) is 5.41 Å². The molecule has 0 saturated heterocycles. The van der Waals surface area contributed by atoms with E-state index < -0.39 is 10.0 Å². The first kappa shape index (κ1) is 9.43. The Morgan fingerprint density at radius 3 is 2.23 bits per heavy atom. The fraction of sp³-hybridized carbons (Fsp3) is 1.00. The lowest BCUT2D eigenvalue weighted by molar-refractivity contribution is -0.144. The van der Waals surface area contributed by atoms with Gasteiger partial charge in [-0.05, 0) is 31.7 Å². The summed E-state index contributed by atoms with van der Waals surface area (Å²) in [6.45, 7) is 0.620. The highest BCUT2D eigenvalue weighted by atomic mass is 32.2. The number of hydrogen-bond acceptors (Lipinski definition) is 3. The lowest BCUT2D eigenvalue weighted by atomic mass is 9.39. The largest absolute Gasteiger partial charge is 0.314 e. The number of hydrogen-bond donors (Lipinski definition) is 2. The van der Waals surface area contributed by atoms with Crippen LogP contribution in [0.5, 0.6) is 0 Å². The molecular formula is C8H16N2O2S. The predicted molar refractivity (Wildman–Crippen MR) is 50.9 cm³/mol. The highest BCUT2D eigenvalue weighted by Crippen LogP contribution is 2.66. The smallest absolute Gasteiger partial charge is 0.208 e. The average molecular weight is 204 g/mol. The van der Waals surface area contributed by atoms with E-state index in [1.807, 2.05) is 7.05 Å². The second kappa shape index (κ2) is 2.46. The van der Waals surface area contributed by atoms with Gasteiger partial charge in [-0.3, -0.25) is 0 Å². The van der Waals surface area contributed by atoms with Crippen molar-refractivity contribution in [3.63, 3.8) is 0 Å². The van der Waals surface area contributed by atoms with Gasteiger partial charge in [-0.1, -0.05) is 0 Å². The van der Waals surface area contributed by atoms with Gasteiger partial charge in [0.1, 0.15) is 0 Å². The molecule has 0 amide bonds. The van der Waals surface area contributed by atoms with E-state index in [-0.39, 0.29) is 5.41 Å². The molecule has 3 aliphatic rings. The minimum atomic E-state index is -3.01. The standard InChI is InChI=1S/C8H16N2O2S/c1-9-8-3-7(4-8,5-8)6-10-13(2,11)12/h9-10H,3-6H2,1-2H3. The van der Waals surface area contributed by atoms with Gasteiger partial charge in [0.2, 0.25) is 10.0 Å². The van der Waals surface area contributed by atoms with Crippen LogP contribution in [0.4, 0.5) is 0 Å². The normalized spacial score (nSPS) is 42.3. The van der Waals surface area contributed by atoms with Crippen molar-refractivity contribution in [3.8, 4) is 0 Å². The molecule has 0 radical (unpaired) electrons. The Hall–Kier alpha value is -0.130. The molecule has 76 valence electrons. The summed E-state index contributed by atoms with van der Waals surface area (Å²) in [6.07, 6.45) is 4.59. The lowest BCUT2D eigenvalue weighted by Crippen LogP contribution is -2.75. The molecule has 3 rings (SSSR count). The maximum absolute atomic E-state index is 10.9. The molecule has 0 aromatic rings. The van der Waals surface area contributed by atoms with Crippen molar-refractivity contribution in [2.24, 2.45) is 5.41 Å². The summed E-state index contributed by atoms with van der Waals surface area (Å²) >= 11 is 0. The summed E-state index contributed by atoms with van der Waals surface area (Å²) in [5, 5.41) is 3.29. The van der Waals surface area contributed by atoms with Crippen LogP contribution in [-0.4, -0.2) is 33.8 Å². The molecule has 0 unspecified atom stereocenters. The van der Waals surface area contributed by atoms with E-state index in [9.17, 15) is 8.42 Å². The molecule has 0 aromatic heterocycles. The minimum Gasteiger partial charge on any atom is -0.314 e. The Labute approximate surface area is 79.1 Å². The zero-order valence-corrected chi connectivity index (χ0v) is 8.87. The van der Waals surface area contributed by atoms with Gasteiger partial charge in [0.15, 0.2) is 0 Å². The van der Waals surface area contributed by atoms with Crippen molar-refractivity contribution in [2.45, 2.75) is 24.8 Å². The molecule has 5 heteroatoms. The molecule has 0 atom stereocenters. The van der Waals surface area contributed by atoms with E-state index in [0.29, 0.717) is 12.1 Å². The number of nitrogens with one attached hydrogen (secondary N) is 2. The zero-order chi connectivity index (χ0) is 9.74. The van der Waals surface area contributed by atoms with Crippen LogP contribution in [0.1, 0.15) is 19.3 Å². The maximum atomic E-state index is 10.9. The average Bonchev–Trinajstić information content (AvgIpc) is 1.79. The number of rotatable bonds is 4. The van der Waals surface area contributed by atoms with E-state index in [4.69, 9.17) is 0 Å². The van der Waals surface area contributed by atoms with Crippen molar-refractivity contribution in [2.75, 3.05) is 19.8 Å². The van der Waals surface area contributed by atoms with Crippen LogP contribution in [0.25, 0.3) is 0 Å². The van der Waals surface area contributed by atoms with Crippen LogP contribution >= 0.6 is 0 Å². The van der Waals surface area contributed by atoms with Gasteiger partial charge in [-0.2, -0.15) is 0 Å². The molecule has 0 spiro atoms. The van der Waals surface area contributed by atoms with Crippen molar-refractivity contribution in [1.82, 2.24) is 10.0 Å². The first-order valence-electron chi connectivity index (χ1n) is 4.52. The van der Waals surface area contributed by atoms with Crippen molar-refractivity contribution in [1.29, 1.82) is 0 Å². The van der Waals surface area contributed by atoms with Crippen LogP contribution in [0.3, 0.4) is 0 Å². The Morgan fingerprint density at radius 1 is 1.31 bits per heavy atom. The van der Waals surface area contributed by atoms with Crippen LogP contribution in [0.15, 0.2) is 0 Å². The van der Waals surface area contributed by atoms with Gasteiger partial charge in [-0.15, -0.1) is 0 Å². The molecule has 0 aromatic carbocycles. The van der Waals surface area contributed by atoms with E-state index in [0.717, 1.165) is 19.3 Å². The molecule has 0 heterocycles. The summed E-state index contributed by atoms with van der Waals surface area (Å²) in [6, 6.07) is 0. The zero-order valence-electron chi connectivity index (χ0n) is 8.05. The van der Waals surface area contributed by atoms with Crippen molar-refractivity contribution in [3.05, 3.63) is 0 Å². The lowest BCUT2D eigenvalue weighted by Gasteiger charge is -2.71. The van der Waals surface area contributed by atoms with Gasteiger partial charge >= 0.3 is 0 Å². The van der Waals surface area contributed by atoms with Gasteiger partial charge < -0.3 is 5.32 Å². The molecule has 13 heavy (non-hydrogen) atoms. The Bertz CT molecular complexity index is 303. The molecular weight excluding hydrogens is 188 g/mol. The van der Waals surface area contributed by atoms with Crippen LogP contribution in [-0.2, 0) is 10.0 Å². The van der Waals surface area contributed by atoms with E-state index in [1.54, 1.807) is 0 Å². The third kappa shape index (κ3) is 1.49. The van der Waals surface area contributed by atoms with Crippen LogP contribution < -0.4 is 10.0 Å². The first-order chi connectivity index (χ1) is 5.89. The third-order valence-electron chi connectivity index (χ3n) is 3.38. The molecule has 3 saturated carbocycles. The summed E-state index contributed by atoms with van der Waals surface area (Å²) < 4.78 is 24.3. The van der Waals surface area contributed by atoms with E-state index >= 15 is 0 Å². The predicted octanol–water partition coefficient (Wildman–Crippen LogP) is -0.322.